The van der Waals surface area contributed by atoms with Gasteiger partial charge in [0.1, 0.15) is 0 Å². The van der Waals surface area contributed by atoms with Crippen LogP contribution in [0.15, 0.2) is 22.7 Å². The fourth-order valence-corrected chi connectivity index (χ4v) is 2.02. The monoisotopic (exact) mass is 295 g/mol. The lowest BCUT2D eigenvalue weighted by Crippen LogP contribution is -2.03. The standard InChI is InChI=1S/C11H14BrN5/c1-2-3-7-17-11(14-15-16-17)8-5-4-6-9(13)10(8)12/h4-6H,2-3,7,13H2,1H3. The molecule has 17 heavy (non-hydrogen) atoms. The van der Waals surface area contributed by atoms with Crippen LogP contribution in [0.25, 0.3) is 11.4 Å². The fourth-order valence-electron chi connectivity index (χ4n) is 1.58. The molecule has 0 bridgehead atoms. The van der Waals surface area contributed by atoms with Gasteiger partial charge >= 0.3 is 0 Å². The Morgan fingerprint density at radius 3 is 3.00 bits per heavy atom. The minimum Gasteiger partial charge on any atom is -0.398 e. The van der Waals surface area contributed by atoms with Crippen LogP contribution in [-0.4, -0.2) is 20.2 Å². The van der Waals surface area contributed by atoms with Crippen molar-refractivity contribution < 1.29 is 0 Å². The lowest BCUT2D eigenvalue weighted by Gasteiger charge is -2.07. The fraction of sp³-hybridized carbons (Fsp3) is 0.364. The number of aromatic nitrogens is 4. The number of benzene rings is 1. The van der Waals surface area contributed by atoms with Gasteiger partial charge in [0.25, 0.3) is 0 Å². The molecule has 0 atom stereocenters. The molecule has 0 amide bonds. The van der Waals surface area contributed by atoms with Crippen molar-refractivity contribution in [3.63, 3.8) is 0 Å². The molecule has 2 aromatic rings. The Morgan fingerprint density at radius 2 is 2.24 bits per heavy atom. The number of nitrogens with two attached hydrogens (primary N) is 1. The largest absolute Gasteiger partial charge is 0.398 e. The molecule has 5 nitrogen and oxygen atoms in total. The summed E-state index contributed by atoms with van der Waals surface area (Å²) in [6.07, 6.45) is 2.16. The van der Waals surface area contributed by atoms with Crippen molar-refractivity contribution in [2.45, 2.75) is 26.3 Å². The topological polar surface area (TPSA) is 69.6 Å². The number of unbranched alkanes of at least 4 members (excludes halogenated alkanes) is 1. The molecule has 0 radical (unpaired) electrons. The second kappa shape index (κ2) is 5.27. The first-order chi connectivity index (χ1) is 8.24. The molecule has 2 rings (SSSR count). The van der Waals surface area contributed by atoms with E-state index < -0.39 is 0 Å². The highest BCUT2D eigenvalue weighted by molar-refractivity contribution is 9.10. The number of rotatable bonds is 4. The molecule has 1 aromatic carbocycles. The van der Waals surface area contributed by atoms with Gasteiger partial charge in [-0.1, -0.05) is 19.4 Å². The summed E-state index contributed by atoms with van der Waals surface area (Å²) < 4.78 is 2.65. The van der Waals surface area contributed by atoms with Gasteiger partial charge in [-0.2, -0.15) is 0 Å². The minimum atomic E-state index is 0.688. The number of nitrogen functional groups attached to an aromatic ring is 1. The summed E-state index contributed by atoms with van der Waals surface area (Å²) in [6.45, 7) is 2.96. The number of anilines is 1. The summed E-state index contributed by atoms with van der Waals surface area (Å²) in [4.78, 5) is 0. The summed E-state index contributed by atoms with van der Waals surface area (Å²) in [7, 11) is 0. The Hall–Kier alpha value is -1.43. The second-order valence-corrected chi connectivity index (χ2v) is 4.58. The number of hydrogen-bond acceptors (Lipinski definition) is 4. The molecule has 0 aliphatic rings. The van der Waals surface area contributed by atoms with Crippen molar-refractivity contribution >= 4 is 21.6 Å². The zero-order valence-electron chi connectivity index (χ0n) is 9.60. The van der Waals surface area contributed by atoms with Crippen LogP contribution in [0.1, 0.15) is 19.8 Å². The van der Waals surface area contributed by atoms with Crippen LogP contribution in [0, 0.1) is 0 Å². The van der Waals surface area contributed by atoms with E-state index in [9.17, 15) is 0 Å². The Balaban J connectivity index is 2.39. The van der Waals surface area contributed by atoms with Crippen molar-refractivity contribution in [2.75, 3.05) is 5.73 Å². The maximum absolute atomic E-state index is 5.85. The number of hydrogen-bond donors (Lipinski definition) is 1. The zero-order chi connectivity index (χ0) is 12.3. The predicted molar refractivity (Wildman–Crippen MR) is 70.3 cm³/mol. The average Bonchev–Trinajstić information content (AvgIpc) is 2.78. The average molecular weight is 296 g/mol. The zero-order valence-corrected chi connectivity index (χ0v) is 11.2. The van der Waals surface area contributed by atoms with Gasteiger partial charge in [-0.25, -0.2) is 4.68 Å². The lowest BCUT2D eigenvalue weighted by molar-refractivity contribution is 0.557. The van der Waals surface area contributed by atoms with E-state index in [2.05, 4.69) is 38.4 Å². The summed E-state index contributed by atoms with van der Waals surface area (Å²) in [5, 5.41) is 11.8. The van der Waals surface area contributed by atoms with Gasteiger partial charge in [0.05, 0.1) is 4.47 Å². The third-order valence-corrected chi connectivity index (χ3v) is 3.41. The quantitative estimate of drug-likeness (QED) is 0.880. The first kappa shape index (κ1) is 12.0. The summed E-state index contributed by atoms with van der Waals surface area (Å²) >= 11 is 3.47. The Morgan fingerprint density at radius 1 is 1.41 bits per heavy atom. The van der Waals surface area contributed by atoms with E-state index in [-0.39, 0.29) is 0 Å². The first-order valence-corrected chi connectivity index (χ1v) is 6.34. The van der Waals surface area contributed by atoms with Gasteiger partial charge in [0.2, 0.25) is 0 Å². The van der Waals surface area contributed by atoms with Crippen LogP contribution < -0.4 is 5.73 Å². The molecule has 2 N–H and O–H groups in total. The number of nitrogens with zero attached hydrogens (tertiary/aromatic N) is 4. The molecule has 0 saturated heterocycles. The Labute approximate surface area is 108 Å². The van der Waals surface area contributed by atoms with Crippen LogP contribution in [0.5, 0.6) is 0 Å². The number of aryl methyl sites for hydroxylation is 1. The molecule has 0 aliphatic carbocycles. The van der Waals surface area contributed by atoms with Crippen LogP contribution in [-0.2, 0) is 6.54 Å². The third kappa shape index (κ3) is 2.46. The highest BCUT2D eigenvalue weighted by Gasteiger charge is 2.12. The lowest BCUT2D eigenvalue weighted by atomic mass is 10.2. The van der Waals surface area contributed by atoms with E-state index >= 15 is 0 Å². The van der Waals surface area contributed by atoms with Crippen LogP contribution in [0.2, 0.25) is 0 Å². The van der Waals surface area contributed by atoms with Gasteiger partial charge in [0, 0.05) is 17.8 Å². The number of tetrazole rings is 1. The SMILES string of the molecule is CCCCn1nnnc1-c1cccc(N)c1Br. The van der Waals surface area contributed by atoms with Crippen LogP contribution in [0.4, 0.5) is 5.69 Å². The molecule has 0 spiro atoms. The molecule has 1 aromatic heterocycles. The van der Waals surface area contributed by atoms with E-state index in [0.717, 1.165) is 35.2 Å². The van der Waals surface area contributed by atoms with E-state index in [1.165, 1.54) is 0 Å². The smallest absolute Gasteiger partial charge is 0.183 e. The van der Waals surface area contributed by atoms with Gasteiger partial charge in [-0.05, 0) is 44.9 Å². The molecule has 1 heterocycles. The predicted octanol–water partition coefficient (Wildman–Crippen LogP) is 2.48. The highest BCUT2D eigenvalue weighted by atomic mass is 79.9. The maximum atomic E-state index is 5.85. The van der Waals surface area contributed by atoms with Crippen molar-refractivity contribution in [1.29, 1.82) is 0 Å². The summed E-state index contributed by atoms with van der Waals surface area (Å²) in [6, 6.07) is 5.69. The highest BCUT2D eigenvalue weighted by Crippen LogP contribution is 2.30. The third-order valence-electron chi connectivity index (χ3n) is 2.52. The van der Waals surface area contributed by atoms with Gasteiger partial charge in [-0.15, -0.1) is 5.10 Å². The van der Waals surface area contributed by atoms with E-state index in [0.29, 0.717) is 5.69 Å². The molecule has 0 aliphatic heterocycles. The van der Waals surface area contributed by atoms with Gasteiger partial charge in [0.15, 0.2) is 5.82 Å². The van der Waals surface area contributed by atoms with Crippen LogP contribution in [0.3, 0.4) is 0 Å². The summed E-state index contributed by atoms with van der Waals surface area (Å²) in [5.74, 6) is 0.748. The first-order valence-electron chi connectivity index (χ1n) is 5.54. The van der Waals surface area contributed by atoms with E-state index in [4.69, 9.17) is 5.73 Å². The maximum Gasteiger partial charge on any atom is 0.183 e. The van der Waals surface area contributed by atoms with Crippen molar-refractivity contribution in [3.8, 4) is 11.4 Å². The number of halogens is 1. The van der Waals surface area contributed by atoms with E-state index in [1.54, 1.807) is 0 Å². The summed E-state index contributed by atoms with van der Waals surface area (Å²) in [5.41, 5.74) is 7.46. The van der Waals surface area contributed by atoms with Crippen molar-refractivity contribution in [1.82, 2.24) is 20.2 Å². The molecule has 6 heteroatoms. The van der Waals surface area contributed by atoms with Gasteiger partial charge < -0.3 is 5.73 Å². The second-order valence-electron chi connectivity index (χ2n) is 3.79. The molecule has 0 saturated carbocycles. The Bertz CT molecular complexity index is 508. The normalized spacial score (nSPS) is 10.7. The van der Waals surface area contributed by atoms with Crippen molar-refractivity contribution in [2.24, 2.45) is 0 Å². The Kier molecular flexibility index (Phi) is 3.73. The molecular formula is C11H14BrN5. The minimum absolute atomic E-state index is 0.688. The molecule has 0 unspecified atom stereocenters. The van der Waals surface area contributed by atoms with E-state index in [1.807, 2.05) is 22.9 Å². The molecular weight excluding hydrogens is 282 g/mol. The molecule has 90 valence electrons. The molecule has 0 fully saturated rings. The van der Waals surface area contributed by atoms with Crippen molar-refractivity contribution in [3.05, 3.63) is 22.7 Å². The van der Waals surface area contributed by atoms with Gasteiger partial charge in [-0.3, -0.25) is 0 Å². The van der Waals surface area contributed by atoms with Crippen LogP contribution >= 0.6 is 15.9 Å².